The van der Waals surface area contributed by atoms with Gasteiger partial charge in [-0.2, -0.15) is 0 Å². The van der Waals surface area contributed by atoms with Crippen LogP contribution in [0.4, 0.5) is 0 Å². The van der Waals surface area contributed by atoms with Gasteiger partial charge in [0.25, 0.3) is 0 Å². The molecule has 1 unspecified atom stereocenters. The number of nitrogens with zero attached hydrogens (tertiary/aromatic N) is 2. The highest BCUT2D eigenvalue weighted by atomic mass is 79.9. The van der Waals surface area contributed by atoms with Gasteiger partial charge in [-0.15, -0.1) is 0 Å². The van der Waals surface area contributed by atoms with Crippen molar-refractivity contribution in [3.05, 3.63) is 70.5 Å². The molecule has 0 saturated heterocycles. The molecule has 0 saturated carbocycles. The number of aryl methyl sites for hydroxylation is 1. The van der Waals surface area contributed by atoms with E-state index in [1.54, 1.807) is 37.4 Å². The van der Waals surface area contributed by atoms with E-state index in [1.165, 1.54) is 0 Å². The smallest absolute Gasteiger partial charge is 0.302 e. The van der Waals surface area contributed by atoms with E-state index in [2.05, 4.69) is 25.6 Å². The van der Waals surface area contributed by atoms with Crippen LogP contribution in [0.15, 0.2) is 64.1 Å². The molecule has 0 aliphatic rings. The van der Waals surface area contributed by atoms with Gasteiger partial charge in [0.1, 0.15) is 5.75 Å². The second-order valence-electron chi connectivity index (χ2n) is 6.40. The molecule has 1 N–H and O–H groups in total. The van der Waals surface area contributed by atoms with E-state index in [4.69, 9.17) is 4.74 Å². The Kier molecular flexibility index (Phi) is 6.22. The molecule has 3 rings (SSSR count). The van der Waals surface area contributed by atoms with Crippen molar-refractivity contribution >= 4 is 26.0 Å². The Morgan fingerprint density at radius 2 is 1.86 bits per heavy atom. The SMILES string of the molecule is CCn1c(C(C)NS(=O)(=O)c2ccccc2Br)cnc1Oc1ccc(C)cc1. The molecule has 1 heterocycles. The van der Waals surface area contributed by atoms with Gasteiger partial charge < -0.3 is 4.74 Å². The van der Waals surface area contributed by atoms with Gasteiger partial charge >= 0.3 is 6.01 Å². The number of sulfonamides is 1. The molecule has 1 atom stereocenters. The summed E-state index contributed by atoms with van der Waals surface area (Å²) in [6.45, 7) is 6.35. The second kappa shape index (κ2) is 8.46. The summed E-state index contributed by atoms with van der Waals surface area (Å²) in [4.78, 5) is 4.54. The van der Waals surface area contributed by atoms with E-state index < -0.39 is 16.1 Å². The van der Waals surface area contributed by atoms with Crippen molar-refractivity contribution in [1.29, 1.82) is 0 Å². The lowest BCUT2D eigenvalue weighted by atomic mass is 10.2. The molecule has 6 nitrogen and oxygen atoms in total. The molecular formula is C20H22BrN3O3S. The fraction of sp³-hybridized carbons (Fsp3) is 0.250. The van der Waals surface area contributed by atoms with Gasteiger partial charge in [0.15, 0.2) is 0 Å². The number of aromatic nitrogens is 2. The topological polar surface area (TPSA) is 73.2 Å². The molecule has 0 aliphatic heterocycles. The van der Waals surface area contributed by atoms with Crippen LogP contribution in [0, 0.1) is 6.92 Å². The van der Waals surface area contributed by atoms with Crippen LogP contribution in [0.2, 0.25) is 0 Å². The number of imidazole rings is 1. The molecule has 0 aliphatic carbocycles. The van der Waals surface area contributed by atoms with Crippen molar-refractivity contribution in [3.63, 3.8) is 0 Å². The third-order valence-electron chi connectivity index (χ3n) is 4.30. The first kappa shape index (κ1) is 20.6. The Bertz CT molecular complexity index is 1060. The van der Waals surface area contributed by atoms with Crippen LogP contribution in [0.25, 0.3) is 0 Å². The minimum absolute atomic E-state index is 0.195. The predicted octanol–water partition coefficient (Wildman–Crippen LogP) is 4.81. The number of rotatable bonds is 7. The van der Waals surface area contributed by atoms with E-state index in [0.29, 0.717) is 22.8 Å². The highest BCUT2D eigenvalue weighted by Crippen LogP contribution is 2.27. The van der Waals surface area contributed by atoms with Crippen molar-refractivity contribution in [3.8, 4) is 11.8 Å². The van der Waals surface area contributed by atoms with Gasteiger partial charge in [-0.3, -0.25) is 4.57 Å². The van der Waals surface area contributed by atoms with Gasteiger partial charge in [-0.1, -0.05) is 29.8 Å². The Morgan fingerprint density at radius 3 is 2.50 bits per heavy atom. The summed E-state index contributed by atoms with van der Waals surface area (Å²) < 4.78 is 36.5. The van der Waals surface area contributed by atoms with E-state index in [1.807, 2.05) is 42.7 Å². The van der Waals surface area contributed by atoms with E-state index >= 15 is 0 Å². The monoisotopic (exact) mass is 463 g/mol. The quantitative estimate of drug-likeness (QED) is 0.545. The summed E-state index contributed by atoms with van der Waals surface area (Å²) in [5.41, 5.74) is 1.86. The van der Waals surface area contributed by atoms with Crippen LogP contribution >= 0.6 is 15.9 Å². The highest BCUT2D eigenvalue weighted by Gasteiger charge is 2.24. The highest BCUT2D eigenvalue weighted by molar-refractivity contribution is 9.10. The third kappa shape index (κ3) is 4.45. The average molecular weight is 464 g/mol. The zero-order chi connectivity index (χ0) is 20.3. The molecule has 0 amide bonds. The van der Waals surface area contributed by atoms with Gasteiger partial charge in [-0.25, -0.2) is 18.1 Å². The molecule has 8 heteroatoms. The first-order valence-corrected chi connectivity index (χ1v) is 11.2. The standard InChI is InChI=1S/C20H22BrN3O3S/c1-4-24-18(13-22-20(24)27-16-11-9-14(2)10-12-16)15(3)23-28(25,26)19-8-6-5-7-17(19)21/h5-13,15,23H,4H2,1-3H3. The minimum atomic E-state index is -3.70. The molecule has 3 aromatic rings. The fourth-order valence-corrected chi connectivity index (χ4v) is 5.07. The maximum atomic E-state index is 12.8. The van der Waals surface area contributed by atoms with Gasteiger partial charge in [-0.05, 0) is 61.0 Å². The van der Waals surface area contributed by atoms with Crippen LogP contribution in [-0.4, -0.2) is 18.0 Å². The van der Waals surface area contributed by atoms with Crippen LogP contribution in [0.1, 0.15) is 31.1 Å². The van der Waals surface area contributed by atoms with E-state index in [0.717, 1.165) is 11.3 Å². The fourth-order valence-electron chi connectivity index (χ4n) is 2.85. The third-order valence-corrected chi connectivity index (χ3v) is 6.85. The number of hydrogen-bond donors (Lipinski definition) is 1. The van der Waals surface area contributed by atoms with Crippen LogP contribution in [0.5, 0.6) is 11.8 Å². The van der Waals surface area contributed by atoms with Crippen LogP contribution in [0.3, 0.4) is 0 Å². The molecule has 1 aromatic heterocycles. The Labute approximate surface area is 173 Å². The summed E-state index contributed by atoms with van der Waals surface area (Å²) in [7, 11) is -3.70. The lowest BCUT2D eigenvalue weighted by Gasteiger charge is -2.17. The average Bonchev–Trinajstić information content (AvgIpc) is 3.06. The minimum Gasteiger partial charge on any atom is -0.426 e. The van der Waals surface area contributed by atoms with Gasteiger partial charge in [0.2, 0.25) is 10.0 Å². The summed E-state index contributed by atoms with van der Waals surface area (Å²) in [5.74, 6) is 0.680. The maximum Gasteiger partial charge on any atom is 0.302 e. The molecule has 0 spiro atoms. The molecule has 0 radical (unpaired) electrons. The summed E-state index contributed by atoms with van der Waals surface area (Å²) in [5, 5.41) is 0. The summed E-state index contributed by atoms with van der Waals surface area (Å²) in [6, 6.07) is 14.3. The Balaban J connectivity index is 1.84. The largest absolute Gasteiger partial charge is 0.426 e. The number of benzene rings is 2. The Morgan fingerprint density at radius 1 is 1.18 bits per heavy atom. The second-order valence-corrected chi connectivity index (χ2v) is 8.94. The summed E-state index contributed by atoms with van der Waals surface area (Å²) in [6.07, 6.45) is 1.64. The van der Waals surface area contributed by atoms with Crippen molar-refractivity contribution in [2.75, 3.05) is 0 Å². The van der Waals surface area contributed by atoms with Crippen LogP contribution in [-0.2, 0) is 16.6 Å². The van der Waals surface area contributed by atoms with E-state index in [9.17, 15) is 8.42 Å². The predicted molar refractivity (Wildman–Crippen MR) is 112 cm³/mol. The Hall–Kier alpha value is -2.16. The van der Waals surface area contributed by atoms with Crippen LogP contribution < -0.4 is 9.46 Å². The molecule has 2 aromatic carbocycles. The molecular weight excluding hydrogens is 442 g/mol. The maximum absolute atomic E-state index is 12.8. The first-order valence-electron chi connectivity index (χ1n) is 8.88. The molecule has 148 valence electrons. The van der Waals surface area contributed by atoms with Crippen molar-refractivity contribution in [2.45, 2.75) is 38.3 Å². The zero-order valence-corrected chi connectivity index (χ0v) is 18.3. The number of ether oxygens (including phenoxy) is 1. The van der Waals surface area contributed by atoms with E-state index in [-0.39, 0.29) is 4.90 Å². The van der Waals surface area contributed by atoms with Gasteiger partial charge in [0.05, 0.1) is 22.8 Å². The first-order chi connectivity index (χ1) is 13.3. The van der Waals surface area contributed by atoms with Crippen molar-refractivity contribution < 1.29 is 13.2 Å². The zero-order valence-electron chi connectivity index (χ0n) is 15.9. The van der Waals surface area contributed by atoms with Crippen molar-refractivity contribution in [1.82, 2.24) is 14.3 Å². The summed E-state index contributed by atoms with van der Waals surface area (Å²) >= 11 is 3.30. The lowest BCUT2D eigenvalue weighted by Crippen LogP contribution is -2.28. The van der Waals surface area contributed by atoms with Gasteiger partial charge in [0, 0.05) is 11.0 Å². The normalized spacial score (nSPS) is 12.7. The lowest BCUT2D eigenvalue weighted by molar-refractivity contribution is 0.408. The molecule has 28 heavy (non-hydrogen) atoms. The number of halogens is 1. The number of hydrogen-bond acceptors (Lipinski definition) is 4. The number of nitrogens with one attached hydrogen (secondary N) is 1. The van der Waals surface area contributed by atoms with Crippen molar-refractivity contribution in [2.24, 2.45) is 0 Å². The molecule has 0 bridgehead atoms. The molecule has 0 fully saturated rings.